The van der Waals surface area contributed by atoms with Crippen molar-refractivity contribution in [3.05, 3.63) is 61.6 Å². The second-order valence-electron chi connectivity index (χ2n) is 7.01. The number of unbranched alkanes of at least 4 members (excludes halogenated alkanes) is 1. The van der Waals surface area contributed by atoms with Gasteiger partial charge in [0.05, 0.1) is 17.8 Å². The Morgan fingerprint density at radius 2 is 1.97 bits per heavy atom. The van der Waals surface area contributed by atoms with Crippen LogP contribution in [0.1, 0.15) is 36.8 Å². The van der Waals surface area contributed by atoms with Gasteiger partial charge < -0.3 is 9.67 Å². The molecule has 0 bridgehead atoms. The van der Waals surface area contributed by atoms with Gasteiger partial charge in [0.1, 0.15) is 22.4 Å². The Kier molecular flexibility index (Phi) is 6.90. The number of aliphatic hydroxyl groups is 1. The highest BCUT2D eigenvalue weighted by atomic mass is 79.9. The molecule has 0 aliphatic rings. The first-order chi connectivity index (χ1) is 15.0. The van der Waals surface area contributed by atoms with Crippen molar-refractivity contribution in [3.8, 4) is 17.2 Å². The van der Waals surface area contributed by atoms with E-state index in [-0.39, 0.29) is 6.61 Å². The second kappa shape index (κ2) is 9.64. The highest BCUT2D eigenvalue weighted by molar-refractivity contribution is 9.11. The van der Waals surface area contributed by atoms with Gasteiger partial charge in [0.15, 0.2) is 0 Å². The number of aryl methyl sites for hydroxylation is 1. The van der Waals surface area contributed by atoms with Gasteiger partial charge in [-0.2, -0.15) is 5.21 Å². The molecule has 2 N–H and O–H groups in total. The second-order valence-corrected chi connectivity index (χ2v) is 9.04. The fourth-order valence-electron chi connectivity index (χ4n) is 3.42. The highest BCUT2D eigenvalue weighted by Gasteiger charge is 2.19. The van der Waals surface area contributed by atoms with E-state index < -0.39 is 0 Å². The summed E-state index contributed by atoms with van der Waals surface area (Å²) in [7, 11) is 0. The maximum absolute atomic E-state index is 9.55. The smallest absolute Gasteiger partial charge is 0.222 e. The summed E-state index contributed by atoms with van der Waals surface area (Å²) in [6, 6.07) is 10.1. The van der Waals surface area contributed by atoms with Crippen molar-refractivity contribution in [1.82, 2.24) is 34.7 Å². The molecule has 162 valence electrons. The molecule has 0 aliphatic carbocycles. The van der Waals surface area contributed by atoms with Crippen LogP contribution >= 0.6 is 43.5 Å². The molecule has 11 heteroatoms. The van der Waals surface area contributed by atoms with Gasteiger partial charge in [-0.3, -0.25) is 4.57 Å². The SMILES string of the molecule is CCCCc1nc(CO)c(Cl)n1Cc1ccc(-n2c(Br)cc(Br)c2-c2nn[nH]n2)cc1. The van der Waals surface area contributed by atoms with Gasteiger partial charge in [0.25, 0.3) is 0 Å². The van der Waals surface area contributed by atoms with E-state index in [1.54, 1.807) is 0 Å². The first kappa shape index (κ1) is 22.2. The monoisotopic (exact) mass is 567 g/mol. The Morgan fingerprint density at radius 1 is 1.19 bits per heavy atom. The highest BCUT2D eigenvalue weighted by Crippen LogP contribution is 2.35. The number of halogens is 3. The number of tetrazole rings is 1. The molecule has 0 fully saturated rings. The van der Waals surface area contributed by atoms with Crippen LogP contribution in [-0.2, 0) is 19.6 Å². The third-order valence-electron chi connectivity index (χ3n) is 4.96. The minimum Gasteiger partial charge on any atom is -0.390 e. The quantitative estimate of drug-likeness (QED) is 0.314. The van der Waals surface area contributed by atoms with E-state index in [1.165, 1.54) is 0 Å². The van der Waals surface area contributed by atoms with Gasteiger partial charge in [0.2, 0.25) is 5.82 Å². The largest absolute Gasteiger partial charge is 0.390 e. The predicted octanol–water partition coefficient (Wildman–Crippen LogP) is 4.92. The number of aromatic nitrogens is 7. The Bertz CT molecular complexity index is 1170. The lowest BCUT2D eigenvalue weighted by Crippen LogP contribution is -2.06. The third-order valence-corrected chi connectivity index (χ3v) is 6.57. The Hall–Kier alpha value is -2.01. The summed E-state index contributed by atoms with van der Waals surface area (Å²) in [6.07, 6.45) is 2.91. The first-order valence-corrected chi connectivity index (χ1v) is 11.7. The lowest BCUT2D eigenvalue weighted by molar-refractivity contribution is 0.277. The Labute approximate surface area is 200 Å². The summed E-state index contributed by atoms with van der Waals surface area (Å²) < 4.78 is 5.69. The van der Waals surface area contributed by atoms with Crippen LogP contribution in [0, 0.1) is 0 Å². The van der Waals surface area contributed by atoms with Crippen molar-refractivity contribution in [2.45, 2.75) is 39.3 Å². The molecule has 0 aliphatic heterocycles. The summed E-state index contributed by atoms with van der Waals surface area (Å²) in [5.74, 6) is 1.39. The molecule has 0 radical (unpaired) electrons. The summed E-state index contributed by atoms with van der Waals surface area (Å²) in [6.45, 7) is 2.56. The van der Waals surface area contributed by atoms with Crippen molar-refractivity contribution >= 4 is 43.5 Å². The number of nitrogens with one attached hydrogen (secondary N) is 1. The van der Waals surface area contributed by atoms with Gasteiger partial charge in [-0.25, -0.2) is 4.98 Å². The van der Waals surface area contributed by atoms with Crippen LogP contribution in [0.15, 0.2) is 39.4 Å². The molecule has 0 atom stereocenters. The summed E-state index contributed by atoms with van der Waals surface area (Å²) in [5, 5.41) is 24.4. The van der Waals surface area contributed by atoms with Crippen LogP contribution < -0.4 is 0 Å². The Balaban J connectivity index is 1.65. The van der Waals surface area contributed by atoms with Crippen LogP contribution in [0.2, 0.25) is 5.15 Å². The van der Waals surface area contributed by atoms with Gasteiger partial charge in [0, 0.05) is 16.6 Å². The van der Waals surface area contributed by atoms with Crippen molar-refractivity contribution in [1.29, 1.82) is 0 Å². The predicted molar refractivity (Wildman–Crippen MR) is 125 cm³/mol. The number of rotatable bonds is 8. The molecule has 0 spiro atoms. The molecule has 0 saturated heterocycles. The number of aliphatic hydroxyl groups excluding tert-OH is 1. The molecule has 8 nitrogen and oxygen atoms in total. The van der Waals surface area contributed by atoms with Gasteiger partial charge in [-0.15, -0.1) is 10.2 Å². The number of H-pyrrole nitrogens is 1. The molecular formula is C20H20Br2ClN7O. The van der Waals surface area contributed by atoms with E-state index >= 15 is 0 Å². The summed E-state index contributed by atoms with van der Waals surface area (Å²) >= 11 is 13.7. The molecule has 4 rings (SSSR count). The van der Waals surface area contributed by atoms with Crippen LogP contribution in [0.5, 0.6) is 0 Å². The third kappa shape index (κ3) is 4.48. The summed E-state index contributed by atoms with van der Waals surface area (Å²) in [4.78, 5) is 4.52. The van der Waals surface area contributed by atoms with Crippen molar-refractivity contribution in [2.24, 2.45) is 0 Å². The van der Waals surface area contributed by atoms with E-state index in [2.05, 4.69) is 64.4 Å². The average molecular weight is 570 g/mol. The summed E-state index contributed by atoms with van der Waals surface area (Å²) in [5.41, 5.74) is 3.34. The van der Waals surface area contributed by atoms with Crippen LogP contribution in [-0.4, -0.2) is 39.8 Å². The normalized spacial score (nSPS) is 11.4. The maximum Gasteiger partial charge on any atom is 0.222 e. The minimum atomic E-state index is -0.167. The topological polar surface area (TPSA) is 97.4 Å². The standard InChI is InChI=1S/C20H20Br2ClN7O/c1-2-3-4-17-24-15(11-31)19(23)29(17)10-12-5-7-13(8-6-12)30-16(22)9-14(21)18(30)20-25-27-28-26-20/h5-9,31H,2-4,10-11H2,1H3,(H,25,26,27,28). The van der Waals surface area contributed by atoms with E-state index in [0.29, 0.717) is 23.2 Å². The molecular weight excluding hydrogens is 550 g/mol. The van der Waals surface area contributed by atoms with Crippen molar-refractivity contribution in [2.75, 3.05) is 0 Å². The first-order valence-electron chi connectivity index (χ1n) is 9.78. The lowest BCUT2D eigenvalue weighted by Gasteiger charge is -2.12. The fourth-order valence-corrected chi connectivity index (χ4v) is 5.17. The van der Waals surface area contributed by atoms with Crippen LogP contribution in [0.3, 0.4) is 0 Å². The molecule has 3 heterocycles. The minimum absolute atomic E-state index is 0.167. The van der Waals surface area contributed by atoms with E-state index in [1.807, 2.05) is 39.5 Å². The molecule has 31 heavy (non-hydrogen) atoms. The number of hydrogen-bond acceptors (Lipinski definition) is 5. The van der Waals surface area contributed by atoms with Gasteiger partial charge >= 0.3 is 0 Å². The number of imidazole rings is 1. The molecule has 0 amide bonds. The number of aromatic amines is 1. The molecule has 0 saturated carbocycles. The zero-order valence-electron chi connectivity index (χ0n) is 16.7. The van der Waals surface area contributed by atoms with Gasteiger partial charge in [-0.05, 0) is 67.3 Å². The van der Waals surface area contributed by atoms with E-state index in [0.717, 1.165) is 51.1 Å². The van der Waals surface area contributed by atoms with Crippen molar-refractivity contribution < 1.29 is 5.11 Å². The molecule has 3 aromatic heterocycles. The number of hydrogen-bond donors (Lipinski definition) is 2. The Morgan fingerprint density at radius 3 is 2.61 bits per heavy atom. The zero-order chi connectivity index (χ0) is 22.0. The van der Waals surface area contributed by atoms with E-state index in [4.69, 9.17) is 11.6 Å². The number of nitrogens with zero attached hydrogens (tertiary/aromatic N) is 6. The maximum atomic E-state index is 9.55. The van der Waals surface area contributed by atoms with Crippen LogP contribution in [0.4, 0.5) is 0 Å². The van der Waals surface area contributed by atoms with Gasteiger partial charge in [-0.1, -0.05) is 37.1 Å². The fraction of sp³-hybridized carbons (Fsp3) is 0.300. The molecule has 4 aromatic rings. The molecule has 1 aromatic carbocycles. The zero-order valence-corrected chi connectivity index (χ0v) is 20.6. The molecule has 0 unspecified atom stereocenters. The average Bonchev–Trinajstić information content (AvgIpc) is 3.46. The van der Waals surface area contributed by atoms with Crippen LogP contribution in [0.25, 0.3) is 17.2 Å². The van der Waals surface area contributed by atoms with E-state index in [9.17, 15) is 5.11 Å². The van der Waals surface area contributed by atoms with Crippen molar-refractivity contribution in [3.63, 3.8) is 0 Å². The number of benzene rings is 1. The lowest BCUT2D eigenvalue weighted by atomic mass is 10.2.